The van der Waals surface area contributed by atoms with Crippen LogP contribution in [0.15, 0.2) is 36.5 Å². The largest absolute Gasteiger partial charge is 0.462 e. The van der Waals surface area contributed by atoms with E-state index in [0.717, 1.165) is 27.8 Å². The van der Waals surface area contributed by atoms with Crippen LogP contribution in [0, 0.1) is 13.8 Å². The van der Waals surface area contributed by atoms with Crippen molar-refractivity contribution in [1.82, 2.24) is 19.6 Å². The Bertz CT molecular complexity index is 1430. The van der Waals surface area contributed by atoms with Crippen molar-refractivity contribution in [3.8, 4) is 11.3 Å². The van der Waals surface area contributed by atoms with Crippen molar-refractivity contribution >= 4 is 34.0 Å². The highest BCUT2D eigenvalue weighted by atomic mass is 32.1. The van der Waals surface area contributed by atoms with Crippen molar-refractivity contribution in [3.63, 3.8) is 0 Å². The molecule has 0 N–H and O–H groups in total. The number of fused-ring (bicyclic) bond motifs is 1. The number of aryl methyl sites for hydroxylation is 2. The molecule has 11 heteroatoms. The van der Waals surface area contributed by atoms with Crippen LogP contribution in [-0.4, -0.2) is 44.6 Å². The van der Waals surface area contributed by atoms with Gasteiger partial charge >= 0.3 is 5.97 Å². The molecule has 0 fully saturated rings. The van der Waals surface area contributed by atoms with Crippen LogP contribution >= 0.6 is 11.3 Å². The standard InChI is InChI=1S/C26H27F2N5O3S/c1-5-7-12-32(26-30-16(4)21(37-26)25(35)36-6-2)24(34)18-14-29-33-20(22(27)28)13-19(31-23(18)33)17-10-8-15(3)9-11-17/h8-11,13-14,22H,5-7,12H2,1-4H3. The molecule has 8 nitrogen and oxygen atoms in total. The Morgan fingerprint density at radius 1 is 1.14 bits per heavy atom. The summed E-state index contributed by atoms with van der Waals surface area (Å²) in [5.74, 6) is -0.991. The van der Waals surface area contributed by atoms with E-state index < -0.39 is 18.3 Å². The van der Waals surface area contributed by atoms with Gasteiger partial charge in [0.05, 0.1) is 24.2 Å². The van der Waals surface area contributed by atoms with Crippen molar-refractivity contribution in [1.29, 1.82) is 0 Å². The maximum atomic E-state index is 14.0. The smallest absolute Gasteiger partial charge is 0.350 e. The quantitative estimate of drug-likeness (QED) is 0.247. The second-order valence-corrected chi connectivity index (χ2v) is 9.45. The monoisotopic (exact) mass is 527 g/mol. The SMILES string of the molecule is CCCCN(C(=O)c1cnn2c(C(F)F)cc(-c3ccc(C)cc3)nc12)c1nc(C)c(C(=O)OCC)s1. The van der Waals surface area contributed by atoms with E-state index in [0.29, 0.717) is 39.9 Å². The summed E-state index contributed by atoms with van der Waals surface area (Å²) in [4.78, 5) is 36.9. The van der Waals surface area contributed by atoms with Gasteiger partial charge in [-0.3, -0.25) is 9.69 Å². The molecule has 1 aromatic carbocycles. The van der Waals surface area contributed by atoms with E-state index in [1.54, 1.807) is 26.0 Å². The molecule has 0 saturated heterocycles. The fraction of sp³-hybridized carbons (Fsp3) is 0.346. The minimum atomic E-state index is -2.83. The minimum absolute atomic E-state index is 0.0266. The van der Waals surface area contributed by atoms with Gasteiger partial charge in [-0.25, -0.2) is 28.1 Å². The second-order valence-electron chi connectivity index (χ2n) is 8.47. The van der Waals surface area contributed by atoms with Crippen LogP contribution in [-0.2, 0) is 4.74 Å². The van der Waals surface area contributed by atoms with Crippen LogP contribution in [0.1, 0.15) is 70.1 Å². The Morgan fingerprint density at radius 3 is 2.51 bits per heavy atom. The number of unbranched alkanes of at least 4 members (excludes halogenated alkanes) is 1. The average Bonchev–Trinajstić information content (AvgIpc) is 3.47. The lowest BCUT2D eigenvalue weighted by Crippen LogP contribution is -2.32. The summed E-state index contributed by atoms with van der Waals surface area (Å²) in [6, 6.07) is 8.61. The lowest BCUT2D eigenvalue weighted by Gasteiger charge is -2.19. The zero-order valence-corrected chi connectivity index (χ0v) is 21.8. The molecule has 0 aliphatic rings. The summed E-state index contributed by atoms with van der Waals surface area (Å²) in [5, 5.41) is 4.40. The highest BCUT2D eigenvalue weighted by molar-refractivity contribution is 7.17. The molecule has 0 aliphatic heterocycles. The van der Waals surface area contributed by atoms with Crippen molar-refractivity contribution in [3.05, 3.63) is 63.9 Å². The Labute approximate surface area is 216 Å². The number of nitrogens with zero attached hydrogens (tertiary/aromatic N) is 5. The number of esters is 1. The van der Waals surface area contributed by atoms with Gasteiger partial charge in [0.1, 0.15) is 16.1 Å². The number of ether oxygens (including phenoxy) is 1. The Morgan fingerprint density at radius 2 is 1.86 bits per heavy atom. The van der Waals surface area contributed by atoms with Gasteiger partial charge in [-0.15, -0.1) is 0 Å². The number of hydrogen-bond acceptors (Lipinski definition) is 7. The molecule has 3 aromatic heterocycles. The van der Waals surface area contributed by atoms with Crippen molar-refractivity contribution in [2.75, 3.05) is 18.1 Å². The number of halogens is 2. The van der Waals surface area contributed by atoms with Gasteiger partial charge in [0, 0.05) is 12.1 Å². The third-order valence-corrected chi connectivity index (χ3v) is 6.92. The number of thiazole rings is 1. The summed E-state index contributed by atoms with van der Waals surface area (Å²) >= 11 is 1.06. The van der Waals surface area contributed by atoms with E-state index in [-0.39, 0.29) is 23.5 Å². The molecule has 0 aliphatic carbocycles. The van der Waals surface area contributed by atoms with E-state index >= 15 is 0 Å². The van der Waals surface area contributed by atoms with Crippen LogP contribution < -0.4 is 4.90 Å². The number of rotatable bonds is 9. The summed E-state index contributed by atoms with van der Waals surface area (Å²) in [5.41, 5.74) is 2.16. The van der Waals surface area contributed by atoms with E-state index in [1.807, 2.05) is 26.0 Å². The Balaban J connectivity index is 1.82. The average molecular weight is 528 g/mol. The number of anilines is 1. The molecule has 1 amide bonds. The highest BCUT2D eigenvalue weighted by Gasteiger charge is 2.28. The molecular weight excluding hydrogens is 500 g/mol. The number of hydrogen-bond donors (Lipinski definition) is 0. The molecule has 4 rings (SSSR count). The summed E-state index contributed by atoms with van der Waals surface area (Å²) in [6.45, 7) is 7.84. The predicted molar refractivity (Wildman–Crippen MR) is 138 cm³/mol. The maximum Gasteiger partial charge on any atom is 0.350 e. The van der Waals surface area contributed by atoms with Crippen LogP contribution in [0.25, 0.3) is 16.9 Å². The van der Waals surface area contributed by atoms with Crippen molar-refractivity contribution in [2.24, 2.45) is 0 Å². The molecule has 0 bridgehead atoms. The first kappa shape index (κ1) is 26.3. The van der Waals surface area contributed by atoms with Crippen LogP contribution in [0.4, 0.5) is 13.9 Å². The number of amides is 1. The molecule has 0 atom stereocenters. The van der Waals surface area contributed by atoms with Gasteiger partial charge in [-0.1, -0.05) is 54.5 Å². The van der Waals surface area contributed by atoms with Crippen LogP contribution in [0.3, 0.4) is 0 Å². The molecule has 0 saturated carbocycles. The molecule has 0 spiro atoms. The van der Waals surface area contributed by atoms with E-state index in [4.69, 9.17) is 4.74 Å². The maximum absolute atomic E-state index is 14.0. The zero-order chi connectivity index (χ0) is 26.7. The molecule has 3 heterocycles. The first-order chi connectivity index (χ1) is 17.7. The summed E-state index contributed by atoms with van der Waals surface area (Å²) < 4.78 is 34.1. The summed E-state index contributed by atoms with van der Waals surface area (Å²) in [7, 11) is 0. The van der Waals surface area contributed by atoms with Gasteiger partial charge in [-0.05, 0) is 33.3 Å². The van der Waals surface area contributed by atoms with E-state index in [1.165, 1.54) is 17.2 Å². The van der Waals surface area contributed by atoms with Crippen molar-refractivity contribution < 1.29 is 23.1 Å². The van der Waals surface area contributed by atoms with Gasteiger partial charge in [0.25, 0.3) is 12.3 Å². The van der Waals surface area contributed by atoms with Crippen LogP contribution in [0.2, 0.25) is 0 Å². The zero-order valence-electron chi connectivity index (χ0n) is 21.0. The Kier molecular flexibility index (Phi) is 7.91. The van der Waals surface area contributed by atoms with Gasteiger partial charge in [0.2, 0.25) is 0 Å². The lowest BCUT2D eigenvalue weighted by molar-refractivity contribution is 0.0531. The first-order valence-electron chi connectivity index (χ1n) is 11.9. The van der Waals surface area contributed by atoms with Gasteiger partial charge < -0.3 is 4.74 Å². The molecule has 0 radical (unpaired) electrons. The number of carbonyl (C=O) groups excluding carboxylic acids is 2. The third-order valence-electron chi connectivity index (χ3n) is 5.76. The predicted octanol–water partition coefficient (Wildman–Crippen LogP) is 6.03. The van der Waals surface area contributed by atoms with Crippen molar-refractivity contribution in [2.45, 2.75) is 47.0 Å². The van der Waals surface area contributed by atoms with E-state index in [2.05, 4.69) is 15.1 Å². The van der Waals surface area contributed by atoms with Crippen LogP contribution in [0.5, 0.6) is 0 Å². The summed E-state index contributed by atoms with van der Waals surface area (Å²) in [6.07, 6.45) is -0.106. The fourth-order valence-corrected chi connectivity index (χ4v) is 4.78. The molecule has 0 unspecified atom stereocenters. The molecule has 37 heavy (non-hydrogen) atoms. The first-order valence-corrected chi connectivity index (χ1v) is 12.8. The second kappa shape index (κ2) is 11.1. The van der Waals surface area contributed by atoms with Gasteiger partial charge in [-0.2, -0.15) is 5.10 Å². The normalized spacial score (nSPS) is 11.3. The molecule has 4 aromatic rings. The Hall–Kier alpha value is -3.73. The topological polar surface area (TPSA) is 89.7 Å². The number of aromatic nitrogens is 4. The molecule has 194 valence electrons. The lowest BCUT2D eigenvalue weighted by atomic mass is 10.1. The van der Waals surface area contributed by atoms with Gasteiger partial charge in [0.15, 0.2) is 10.8 Å². The number of benzene rings is 1. The minimum Gasteiger partial charge on any atom is -0.462 e. The van der Waals surface area contributed by atoms with E-state index in [9.17, 15) is 18.4 Å². The number of alkyl halides is 2. The number of carbonyl (C=O) groups is 2. The third kappa shape index (κ3) is 5.36. The highest BCUT2D eigenvalue weighted by Crippen LogP contribution is 2.31. The fourth-order valence-electron chi connectivity index (χ4n) is 3.79. The molecular formula is C26H27F2N5O3S.